The lowest BCUT2D eigenvalue weighted by molar-refractivity contribution is -0.120. The standard InChI is InChI=1S/C11H12N2O2/c1-8(14)11(13-9(2)15)7-10-3-5-12-6-4-10/h3-7H,1-2H3,(H,13,15)/b11-7-. The summed E-state index contributed by atoms with van der Waals surface area (Å²) in [6.45, 7) is 2.77. The Bertz CT molecular complexity index is 396. The third kappa shape index (κ3) is 3.72. The summed E-state index contributed by atoms with van der Waals surface area (Å²) in [6, 6.07) is 3.51. The lowest BCUT2D eigenvalue weighted by Gasteiger charge is -2.03. The monoisotopic (exact) mass is 204 g/mol. The molecule has 1 aromatic heterocycles. The zero-order valence-electron chi connectivity index (χ0n) is 8.65. The van der Waals surface area contributed by atoms with E-state index in [1.54, 1.807) is 30.6 Å². The molecule has 1 aromatic rings. The molecule has 0 bridgehead atoms. The van der Waals surface area contributed by atoms with E-state index in [-0.39, 0.29) is 17.4 Å². The first-order valence-electron chi connectivity index (χ1n) is 4.50. The van der Waals surface area contributed by atoms with Crippen LogP contribution >= 0.6 is 0 Å². The van der Waals surface area contributed by atoms with Gasteiger partial charge in [0.15, 0.2) is 5.78 Å². The van der Waals surface area contributed by atoms with Crippen molar-refractivity contribution >= 4 is 17.8 Å². The highest BCUT2D eigenvalue weighted by molar-refractivity contribution is 6.00. The molecule has 0 fully saturated rings. The van der Waals surface area contributed by atoms with Crippen LogP contribution in [0.2, 0.25) is 0 Å². The van der Waals surface area contributed by atoms with Crippen LogP contribution in [0.3, 0.4) is 0 Å². The number of ketones is 1. The molecule has 0 radical (unpaired) electrons. The molecule has 0 saturated heterocycles. The van der Waals surface area contributed by atoms with E-state index in [0.717, 1.165) is 5.56 Å². The average Bonchev–Trinajstić information content (AvgIpc) is 2.17. The zero-order chi connectivity index (χ0) is 11.3. The van der Waals surface area contributed by atoms with Crippen LogP contribution in [0.25, 0.3) is 6.08 Å². The van der Waals surface area contributed by atoms with Crippen LogP contribution in [0.5, 0.6) is 0 Å². The van der Waals surface area contributed by atoms with E-state index in [2.05, 4.69) is 10.3 Å². The van der Waals surface area contributed by atoms with Gasteiger partial charge in [0.05, 0.1) is 5.70 Å². The molecule has 15 heavy (non-hydrogen) atoms. The lowest BCUT2D eigenvalue weighted by atomic mass is 10.2. The predicted octanol–water partition coefficient (Wildman–Crippen LogP) is 1.15. The normalized spacial score (nSPS) is 10.9. The molecule has 4 heteroatoms. The number of carbonyl (C=O) groups excluding carboxylic acids is 2. The maximum absolute atomic E-state index is 11.2. The van der Waals surface area contributed by atoms with Crippen molar-refractivity contribution in [2.75, 3.05) is 0 Å². The number of nitrogens with one attached hydrogen (secondary N) is 1. The summed E-state index contributed by atoms with van der Waals surface area (Å²) in [7, 11) is 0. The van der Waals surface area contributed by atoms with Crippen LogP contribution in [0.1, 0.15) is 19.4 Å². The maximum atomic E-state index is 11.2. The number of rotatable bonds is 3. The summed E-state index contributed by atoms with van der Waals surface area (Å²) in [5.41, 5.74) is 1.11. The van der Waals surface area contributed by atoms with Crippen molar-refractivity contribution in [3.8, 4) is 0 Å². The van der Waals surface area contributed by atoms with Crippen molar-refractivity contribution in [2.24, 2.45) is 0 Å². The summed E-state index contributed by atoms with van der Waals surface area (Å²) < 4.78 is 0. The van der Waals surface area contributed by atoms with Crippen LogP contribution in [-0.4, -0.2) is 16.7 Å². The van der Waals surface area contributed by atoms with Gasteiger partial charge in [-0.15, -0.1) is 0 Å². The fraction of sp³-hybridized carbons (Fsp3) is 0.182. The average molecular weight is 204 g/mol. The first-order valence-corrected chi connectivity index (χ1v) is 4.50. The minimum Gasteiger partial charge on any atom is -0.323 e. The maximum Gasteiger partial charge on any atom is 0.221 e. The van der Waals surface area contributed by atoms with E-state index in [1.807, 2.05) is 0 Å². The number of allylic oxidation sites excluding steroid dienone is 1. The van der Waals surface area contributed by atoms with Gasteiger partial charge in [0.25, 0.3) is 0 Å². The zero-order valence-corrected chi connectivity index (χ0v) is 8.65. The summed E-state index contributed by atoms with van der Waals surface area (Å²) in [5, 5.41) is 2.48. The van der Waals surface area contributed by atoms with Crippen LogP contribution in [0.15, 0.2) is 30.2 Å². The summed E-state index contributed by atoms with van der Waals surface area (Å²) in [4.78, 5) is 25.9. The molecule has 0 aliphatic carbocycles. The van der Waals surface area contributed by atoms with Gasteiger partial charge in [-0.05, 0) is 23.8 Å². The Morgan fingerprint density at radius 3 is 2.33 bits per heavy atom. The van der Waals surface area contributed by atoms with E-state index < -0.39 is 0 Å². The second kappa shape index (κ2) is 5.05. The molecular weight excluding hydrogens is 192 g/mol. The SMILES string of the molecule is CC(=O)N/C(=C\c1ccncc1)C(C)=O. The van der Waals surface area contributed by atoms with Crippen molar-refractivity contribution in [3.05, 3.63) is 35.8 Å². The van der Waals surface area contributed by atoms with E-state index in [1.165, 1.54) is 13.8 Å². The first kappa shape index (κ1) is 11.1. The highest BCUT2D eigenvalue weighted by atomic mass is 16.2. The van der Waals surface area contributed by atoms with Crippen molar-refractivity contribution in [1.29, 1.82) is 0 Å². The second-order valence-electron chi connectivity index (χ2n) is 3.08. The van der Waals surface area contributed by atoms with Crippen molar-refractivity contribution in [1.82, 2.24) is 10.3 Å². The molecule has 0 aromatic carbocycles. The van der Waals surface area contributed by atoms with Gasteiger partial charge in [0, 0.05) is 26.2 Å². The molecule has 0 saturated carbocycles. The Labute approximate surface area is 88.0 Å². The Hall–Kier alpha value is -1.97. The quantitative estimate of drug-likeness (QED) is 0.751. The van der Waals surface area contributed by atoms with E-state index in [9.17, 15) is 9.59 Å². The van der Waals surface area contributed by atoms with Gasteiger partial charge in [-0.1, -0.05) is 0 Å². The minimum absolute atomic E-state index is 0.179. The minimum atomic E-state index is -0.259. The largest absolute Gasteiger partial charge is 0.323 e. The first-order chi connectivity index (χ1) is 7.09. The molecule has 4 nitrogen and oxygen atoms in total. The van der Waals surface area contributed by atoms with Gasteiger partial charge in [-0.3, -0.25) is 14.6 Å². The molecule has 0 unspecified atom stereocenters. The molecule has 1 rings (SSSR count). The number of nitrogens with zero attached hydrogens (tertiary/aromatic N) is 1. The summed E-state index contributed by atoms with van der Waals surface area (Å²) >= 11 is 0. The van der Waals surface area contributed by atoms with E-state index >= 15 is 0 Å². The Morgan fingerprint density at radius 1 is 1.27 bits per heavy atom. The van der Waals surface area contributed by atoms with Gasteiger partial charge < -0.3 is 5.32 Å². The van der Waals surface area contributed by atoms with Gasteiger partial charge in [-0.2, -0.15) is 0 Å². The number of carbonyl (C=O) groups is 2. The number of hydrogen-bond donors (Lipinski definition) is 1. The number of Topliss-reactive ketones (excluding diaryl/α,β-unsaturated/α-hetero) is 1. The van der Waals surface area contributed by atoms with Gasteiger partial charge in [0.2, 0.25) is 5.91 Å². The third-order valence-electron chi connectivity index (χ3n) is 1.71. The molecule has 1 amide bonds. The molecule has 0 atom stereocenters. The van der Waals surface area contributed by atoms with Crippen LogP contribution in [0.4, 0.5) is 0 Å². The Kier molecular flexibility index (Phi) is 3.74. The summed E-state index contributed by atoms with van der Waals surface area (Å²) in [5.74, 6) is -0.437. The third-order valence-corrected chi connectivity index (χ3v) is 1.71. The number of pyridine rings is 1. The Morgan fingerprint density at radius 2 is 1.87 bits per heavy atom. The second-order valence-corrected chi connectivity index (χ2v) is 3.08. The molecule has 78 valence electrons. The fourth-order valence-corrected chi connectivity index (χ4v) is 1.04. The topological polar surface area (TPSA) is 59.1 Å². The highest BCUT2D eigenvalue weighted by Gasteiger charge is 2.04. The lowest BCUT2D eigenvalue weighted by Crippen LogP contribution is -2.23. The van der Waals surface area contributed by atoms with E-state index in [4.69, 9.17) is 0 Å². The van der Waals surface area contributed by atoms with Crippen molar-refractivity contribution in [2.45, 2.75) is 13.8 Å². The highest BCUT2D eigenvalue weighted by Crippen LogP contribution is 2.04. The van der Waals surface area contributed by atoms with Gasteiger partial charge >= 0.3 is 0 Å². The van der Waals surface area contributed by atoms with Crippen molar-refractivity contribution in [3.63, 3.8) is 0 Å². The van der Waals surface area contributed by atoms with Gasteiger partial charge in [0.1, 0.15) is 0 Å². The fourth-order valence-electron chi connectivity index (χ4n) is 1.04. The molecule has 0 spiro atoms. The molecule has 1 heterocycles. The smallest absolute Gasteiger partial charge is 0.221 e. The van der Waals surface area contributed by atoms with Crippen LogP contribution < -0.4 is 5.32 Å². The Balaban J connectivity index is 2.94. The number of hydrogen-bond acceptors (Lipinski definition) is 3. The summed E-state index contributed by atoms with van der Waals surface area (Å²) in [6.07, 6.45) is 4.86. The van der Waals surface area contributed by atoms with Gasteiger partial charge in [-0.25, -0.2) is 0 Å². The predicted molar refractivity (Wildman–Crippen MR) is 56.7 cm³/mol. The van der Waals surface area contributed by atoms with Crippen molar-refractivity contribution < 1.29 is 9.59 Å². The van der Waals surface area contributed by atoms with Crippen LogP contribution in [0, 0.1) is 0 Å². The number of aromatic nitrogens is 1. The molecule has 0 aliphatic heterocycles. The number of amides is 1. The molecular formula is C11H12N2O2. The van der Waals surface area contributed by atoms with Crippen LogP contribution in [-0.2, 0) is 9.59 Å². The molecule has 1 N–H and O–H groups in total. The molecule has 0 aliphatic rings. The van der Waals surface area contributed by atoms with E-state index in [0.29, 0.717) is 0 Å².